The molecule has 0 saturated heterocycles. The van der Waals surface area contributed by atoms with Crippen molar-refractivity contribution >= 4 is 11.8 Å². The van der Waals surface area contributed by atoms with Gasteiger partial charge in [-0.15, -0.1) is 0 Å². The number of carbonyl (C=O) groups excluding carboxylic acids is 2. The van der Waals surface area contributed by atoms with Crippen LogP contribution >= 0.6 is 0 Å². The van der Waals surface area contributed by atoms with Crippen molar-refractivity contribution in [3.8, 4) is 0 Å². The molecule has 1 atom stereocenters. The number of hydrogen-bond acceptors (Lipinski definition) is 3. The van der Waals surface area contributed by atoms with Gasteiger partial charge >= 0.3 is 0 Å². The van der Waals surface area contributed by atoms with Crippen LogP contribution in [0.4, 0.5) is 0 Å². The molecule has 5 heteroatoms. The standard InChI is InChI=1S/C12H25N3O2/c1-5-13-11(16)6-7-14-10(4)12(17)15-8-9(2)3/h9-10,14H,5-8H2,1-4H3,(H,13,16)(H,15,17). The lowest BCUT2D eigenvalue weighted by Crippen LogP contribution is -2.44. The molecule has 17 heavy (non-hydrogen) atoms. The Morgan fingerprint density at radius 2 is 1.76 bits per heavy atom. The summed E-state index contributed by atoms with van der Waals surface area (Å²) in [6.07, 6.45) is 0.398. The summed E-state index contributed by atoms with van der Waals surface area (Å²) in [4.78, 5) is 22.7. The minimum Gasteiger partial charge on any atom is -0.356 e. The second kappa shape index (κ2) is 8.98. The molecule has 0 bridgehead atoms. The van der Waals surface area contributed by atoms with Crippen LogP contribution in [0.5, 0.6) is 0 Å². The van der Waals surface area contributed by atoms with Crippen LogP contribution in [-0.4, -0.2) is 37.5 Å². The minimum atomic E-state index is -0.261. The van der Waals surface area contributed by atoms with Crippen LogP contribution in [0.25, 0.3) is 0 Å². The van der Waals surface area contributed by atoms with Gasteiger partial charge in [-0.25, -0.2) is 0 Å². The van der Waals surface area contributed by atoms with E-state index in [-0.39, 0.29) is 17.9 Å². The summed E-state index contributed by atoms with van der Waals surface area (Å²) >= 11 is 0. The lowest BCUT2D eigenvalue weighted by atomic mass is 10.2. The lowest BCUT2D eigenvalue weighted by molar-refractivity contribution is -0.124. The van der Waals surface area contributed by atoms with Crippen LogP contribution in [-0.2, 0) is 9.59 Å². The van der Waals surface area contributed by atoms with Crippen LogP contribution in [0.1, 0.15) is 34.1 Å². The van der Waals surface area contributed by atoms with E-state index in [1.807, 2.05) is 20.8 Å². The molecule has 0 aromatic rings. The first-order chi connectivity index (χ1) is 7.97. The van der Waals surface area contributed by atoms with E-state index in [0.29, 0.717) is 32.0 Å². The third kappa shape index (κ3) is 8.68. The molecule has 0 aliphatic heterocycles. The zero-order valence-corrected chi connectivity index (χ0v) is 11.3. The number of hydrogen-bond donors (Lipinski definition) is 3. The maximum Gasteiger partial charge on any atom is 0.236 e. The smallest absolute Gasteiger partial charge is 0.236 e. The van der Waals surface area contributed by atoms with Gasteiger partial charge in [-0.2, -0.15) is 0 Å². The van der Waals surface area contributed by atoms with Crippen molar-refractivity contribution in [1.82, 2.24) is 16.0 Å². The quantitative estimate of drug-likeness (QED) is 0.573. The molecule has 0 rings (SSSR count). The Morgan fingerprint density at radius 3 is 2.29 bits per heavy atom. The summed E-state index contributed by atoms with van der Waals surface area (Å²) in [7, 11) is 0. The van der Waals surface area contributed by atoms with Gasteiger partial charge in [0.25, 0.3) is 0 Å². The molecule has 3 N–H and O–H groups in total. The highest BCUT2D eigenvalue weighted by atomic mass is 16.2. The number of amides is 2. The Morgan fingerprint density at radius 1 is 1.12 bits per heavy atom. The Labute approximate surface area is 104 Å². The molecule has 2 amide bonds. The SMILES string of the molecule is CCNC(=O)CCNC(C)C(=O)NCC(C)C. The maximum absolute atomic E-state index is 11.6. The van der Waals surface area contributed by atoms with Crippen LogP contribution in [0.3, 0.4) is 0 Å². The summed E-state index contributed by atoms with van der Waals surface area (Å²) in [5.41, 5.74) is 0. The van der Waals surface area contributed by atoms with E-state index < -0.39 is 0 Å². The predicted octanol–water partition coefficient (Wildman–Crippen LogP) is 0.263. The summed E-state index contributed by atoms with van der Waals surface area (Å²) < 4.78 is 0. The van der Waals surface area contributed by atoms with Crippen molar-refractivity contribution in [2.45, 2.75) is 40.2 Å². The van der Waals surface area contributed by atoms with Gasteiger partial charge in [0.1, 0.15) is 0 Å². The van der Waals surface area contributed by atoms with Gasteiger partial charge < -0.3 is 16.0 Å². The monoisotopic (exact) mass is 243 g/mol. The molecule has 1 unspecified atom stereocenters. The molecule has 0 aliphatic carbocycles. The number of nitrogens with one attached hydrogen (secondary N) is 3. The van der Waals surface area contributed by atoms with E-state index in [1.54, 1.807) is 6.92 Å². The van der Waals surface area contributed by atoms with E-state index in [9.17, 15) is 9.59 Å². The summed E-state index contributed by atoms with van der Waals surface area (Å²) in [5.74, 6) is 0.436. The van der Waals surface area contributed by atoms with Gasteiger partial charge in [0.05, 0.1) is 6.04 Å². The molecule has 0 saturated carbocycles. The van der Waals surface area contributed by atoms with Gasteiger partial charge in [0.15, 0.2) is 0 Å². The van der Waals surface area contributed by atoms with Gasteiger partial charge in [-0.3, -0.25) is 9.59 Å². The molecule has 0 fully saturated rings. The fourth-order valence-corrected chi connectivity index (χ4v) is 1.24. The summed E-state index contributed by atoms with van der Waals surface area (Å²) in [6, 6.07) is -0.261. The Hall–Kier alpha value is -1.10. The Bertz CT molecular complexity index is 242. The molecular formula is C12H25N3O2. The molecule has 0 spiro atoms. The zero-order chi connectivity index (χ0) is 13.3. The van der Waals surface area contributed by atoms with E-state index in [4.69, 9.17) is 0 Å². The molecule has 0 aromatic carbocycles. The first kappa shape index (κ1) is 15.9. The molecule has 100 valence electrons. The third-order valence-corrected chi connectivity index (χ3v) is 2.25. The minimum absolute atomic E-state index is 0.00906. The first-order valence-electron chi connectivity index (χ1n) is 6.25. The highest BCUT2D eigenvalue weighted by Crippen LogP contribution is 1.89. The van der Waals surface area contributed by atoms with Crippen LogP contribution in [0.2, 0.25) is 0 Å². The number of rotatable bonds is 8. The summed E-state index contributed by atoms with van der Waals surface area (Å²) in [6.45, 7) is 9.62. The van der Waals surface area contributed by atoms with Gasteiger partial charge in [-0.1, -0.05) is 13.8 Å². The van der Waals surface area contributed by atoms with Crippen molar-refractivity contribution in [3.63, 3.8) is 0 Å². The van der Waals surface area contributed by atoms with Crippen LogP contribution < -0.4 is 16.0 Å². The van der Waals surface area contributed by atoms with Gasteiger partial charge in [0, 0.05) is 26.1 Å². The van der Waals surface area contributed by atoms with Crippen LogP contribution in [0, 0.1) is 5.92 Å². The molecule has 0 aliphatic rings. The Kier molecular flexibility index (Phi) is 8.40. The van der Waals surface area contributed by atoms with E-state index >= 15 is 0 Å². The Balaban J connectivity index is 3.67. The highest BCUT2D eigenvalue weighted by Gasteiger charge is 2.12. The highest BCUT2D eigenvalue weighted by molar-refractivity contribution is 5.81. The molecule has 0 radical (unpaired) electrons. The van der Waals surface area contributed by atoms with Crippen molar-refractivity contribution in [3.05, 3.63) is 0 Å². The third-order valence-electron chi connectivity index (χ3n) is 2.25. The van der Waals surface area contributed by atoms with E-state index in [0.717, 1.165) is 0 Å². The molecule has 0 aromatic heterocycles. The average Bonchev–Trinajstić information content (AvgIpc) is 2.25. The second-order valence-corrected chi connectivity index (χ2v) is 4.52. The van der Waals surface area contributed by atoms with E-state index in [2.05, 4.69) is 16.0 Å². The average molecular weight is 243 g/mol. The predicted molar refractivity (Wildman–Crippen MR) is 68.6 cm³/mol. The fraction of sp³-hybridized carbons (Fsp3) is 0.833. The topological polar surface area (TPSA) is 70.2 Å². The first-order valence-corrected chi connectivity index (χ1v) is 6.25. The van der Waals surface area contributed by atoms with Crippen molar-refractivity contribution in [2.75, 3.05) is 19.6 Å². The van der Waals surface area contributed by atoms with Crippen molar-refractivity contribution in [1.29, 1.82) is 0 Å². The molecule has 0 heterocycles. The van der Waals surface area contributed by atoms with Crippen LogP contribution in [0.15, 0.2) is 0 Å². The summed E-state index contributed by atoms with van der Waals surface area (Å²) in [5, 5.41) is 8.57. The maximum atomic E-state index is 11.6. The lowest BCUT2D eigenvalue weighted by Gasteiger charge is -2.14. The largest absolute Gasteiger partial charge is 0.356 e. The van der Waals surface area contributed by atoms with Crippen molar-refractivity contribution < 1.29 is 9.59 Å². The van der Waals surface area contributed by atoms with Crippen molar-refractivity contribution in [2.24, 2.45) is 5.92 Å². The zero-order valence-electron chi connectivity index (χ0n) is 11.3. The molecule has 5 nitrogen and oxygen atoms in total. The molecular weight excluding hydrogens is 218 g/mol. The second-order valence-electron chi connectivity index (χ2n) is 4.52. The van der Waals surface area contributed by atoms with E-state index in [1.165, 1.54) is 0 Å². The normalized spacial score (nSPS) is 12.3. The van der Waals surface area contributed by atoms with Gasteiger partial charge in [0.2, 0.25) is 11.8 Å². The van der Waals surface area contributed by atoms with Gasteiger partial charge in [-0.05, 0) is 19.8 Å². The fourth-order valence-electron chi connectivity index (χ4n) is 1.24. The number of carbonyl (C=O) groups is 2.